The van der Waals surface area contributed by atoms with E-state index in [-0.39, 0.29) is 10.8 Å². The Morgan fingerprint density at radius 1 is 0.348 bits per heavy atom. The van der Waals surface area contributed by atoms with E-state index in [1.165, 1.54) is 0 Å². The first-order chi connectivity index (χ1) is 22.0. The highest BCUT2D eigenvalue weighted by molar-refractivity contribution is 6.08. The number of hydrogen-bond acceptors (Lipinski definition) is 4. The Bertz CT molecular complexity index is 2320. The van der Waals surface area contributed by atoms with Gasteiger partial charge in [0.2, 0.25) is 0 Å². The normalized spacial score (nSPS) is 12.6. The molecule has 0 radical (unpaired) electrons. The average Bonchev–Trinajstić information content (AvgIpc) is 3.06. The van der Waals surface area contributed by atoms with Crippen LogP contribution in [0.1, 0.15) is 52.9 Å². The maximum atomic E-state index is 5.27. The number of fused-ring (bicyclic) bond motifs is 7. The number of rotatable bonds is 2. The fourth-order valence-corrected chi connectivity index (χ4v) is 6.42. The lowest BCUT2D eigenvalue weighted by atomic mass is 9.91. The Balaban J connectivity index is 1.31. The minimum Gasteiger partial charge on any atom is -0.250 e. The van der Waals surface area contributed by atoms with E-state index in [4.69, 9.17) is 19.9 Å². The molecule has 0 fully saturated rings. The molecule has 4 nitrogen and oxygen atoms in total. The van der Waals surface area contributed by atoms with Crippen molar-refractivity contribution in [1.82, 2.24) is 19.9 Å². The van der Waals surface area contributed by atoms with E-state index in [1.54, 1.807) is 0 Å². The zero-order chi connectivity index (χ0) is 31.8. The maximum absolute atomic E-state index is 5.27. The molecule has 0 bridgehead atoms. The summed E-state index contributed by atoms with van der Waals surface area (Å²) in [6.07, 6.45) is 0. The smallest absolute Gasteiger partial charge is 0.0972 e. The molecule has 0 aliphatic carbocycles. The first-order valence-corrected chi connectivity index (χ1v) is 16.0. The van der Waals surface area contributed by atoms with Crippen LogP contribution in [0.5, 0.6) is 0 Å². The Labute approximate surface area is 269 Å². The molecule has 224 valence electrons. The van der Waals surface area contributed by atoms with E-state index in [0.717, 1.165) is 88.3 Å². The maximum Gasteiger partial charge on any atom is 0.0972 e. The van der Waals surface area contributed by atoms with Crippen LogP contribution in [0.15, 0.2) is 109 Å². The molecule has 0 N–H and O–H groups in total. The molecular formula is C42H36N4. The molecule has 0 saturated carbocycles. The highest BCUT2D eigenvalue weighted by Crippen LogP contribution is 2.37. The third kappa shape index (κ3) is 4.68. The first kappa shape index (κ1) is 28.3. The number of nitrogens with zero attached hydrogens (tertiary/aromatic N) is 4. The van der Waals surface area contributed by atoms with E-state index in [0.29, 0.717) is 0 Å². The largest absolute Gasteiger partial charge is 0.250 e. The monoisotopic (exact) mass is 596 g/mol. The van der Waals surface area contributed by atoms with Crippen molar-refractivity contribution in [1.29, 1.82) is 0 Å². The van der Waals surface area contributed by atoms with E-state index >= 15 is 0 Å². The van der Waals surface area contributed by atoms with E-state index in [9.17, 15) is 0 Å². The topological polar surface area (TPSA) is 51.6 Å². The predicted molar refractivity (Wildman–Crippen MR) is 193 cm³/mol. The van der Waals surface area contributed by atoms with Gasteiger partial charge in [-0.3, -0.25) is 0 Å². The molecule has 4 heterocycles. The molecule has 4 aromatic carbocycles. The summed E-state index contributed by atoms with van der Waals surface area (Å²) in [6, 6.07) is 38.7. The molecule has 8 aromatic rings. The van der Waals surface area contributed by atoms with E-state index in [2.05, 4.69) is 151 Å². The zero-order valence-corrected chi connectivity index (χ0v) is 27.2. The molecule has 8 rings (SSSR count). The van der Waals surface area contributed by atoms with Gasteiger partial charge in [-0.25, -0.2) is 19.9 Å². The van der Waals surface area contributed by atoms with Crippen molar-refractivity contribution in [3.8, 4) is 22.5 Å². The molecule has 0 atom stereocenters. The summed E-state index contributed by atoms with van der Waals surface area (Å²) in [5, 5.41) is 6.67. The van der Waals surface area contributed by atoms with Crippen molar-refractivity contribution in [3.63, 3.8) is 0 Å². The van der Waals surface area contributed by atoms with Crippen LogP contribution >= 0.6 is 0 Å². The Hall–Kier alpha value is -5.22. The van der Waals surface area contributed by atoms with Crippen molar-refractivity contribution < 1.29 is 0 Å². The number of pyridine rings is 4. The summed E-state index contributed by atoms with van der Waals surface area (Å²) in [5.74, 6) is 0. The van der Waals surface area contributed by atoms with Crippen molar-refractivity contribution in [2.24, 2.45) is 0 Å². The molecule has 4 aromatic heterocycles. The molecular weight excluding hydrogens is 560 g/mol. The van der Waals surface area contributed by atoms with E-state index < -0.39 is 0 Å². The van der Waals surface area contributed by atoms with Gasteiger partial charge in [0, 0.05) is 54.9 Å². The summed E-state index contributed by atoms with van der Waals surface area (Å²) in [7, 11) is 0. The van der Waals surface area contributed by atoms with Crippen LogP contribution in [0.4, 0.5) is 0 Å². The third-order valence-corrected chi connectivity index (χ3v) is 9.05. The van der Waals surface area contributed by atoms with E-state index in [1.807, 2.05) is 0 Å². The van der Waals surface area contributed by atoms with Gasteiger partial charge in [-0.2, -0.15) is 0 Å². The Kier molecular flexibility index (Phi) is 6.24. The van der Waals surface area contributed by atoms with Crippen LogP contribution in [0, 0.1) is 0 Å². The lowest BCUT2D eigenvalue weighted by Gasteiger charge is -2.18. The third-order valence-electron chi connectivity index (χ3n) is 9.05. The standard InChI is InChI=1S/C42H36N4/c1-41(2,3)35-23-17-27-13-11-25-15-21-33(43-37(25)39(27)45-35)31-19-20-32(30-10-8-7-9-29(30)31)34-22-16-26-12-14-28-18-24-36(42(4,5)6)46-40(28)38(26)44-34/h7-24H,1-6H3. The van der Waals surface area contributed by atoms with Crippen molar-refractivity contribution in [2.45, 2.75) is 52.4 Å². The van der Waals surface area contributed by atoms with Gasteiger partial charge in [-0.1, -0.05) is 126 Å². The van der Waals surface area contributed by atoms with Crippen LogP contribution in [0.3, 0.4) is 0 Å². The second kappa shape index (κ2) is 10.1. The molecule has 0 saturated heterocycles. The van der Waals surface area contributed by atoms with Crippen molar-refractivity contribution in [2.75, 3.05) is 0 Å². The highest BCUT2D eigenvalue weighted by atomic mass is 14.8. The van der Waals surface area contributed by atoms with Gasteiger partial charge >= 0.3 is 0 Å². The molecule has 0 aliphatic heterocycles. The summed E-state index contributed by atoms with van der Waals surface area (Å²) in [5.41, 5.74) is 9.84. The molecule has 0 aliphatic rings. The Morgan fingerprint density at radius 2 is 0.674 bits per heavy atom. The second-order valence-electron chi connectivity index (χ2n) is 14.4. The van der Waals surface area contributed by atoms with Gasteiger partial charge in [0.05, 0.1) is 33.5 Å². The lowest BCUT2D eigenvalue weighted by Crippen LogP contribution is -2.13. The van der Waals surface area contributed by atoms with Gasteiger partial charge in [0.1, 0.15) is 0 Å². The summed E-state index contributed by atoms with van der Waals surface area (Å²) in [6.45, 7) is 13.2. The molecule has 0 unspecified atom stereocenters. The van der Waals surface area contributed by atoms with Gasteiger partial charge in [-0.05, 0) is 35.0 Å². The van der Waals surface area contributed by atoms with Gasteiger partial charge in [-0.15, -0.1) is 0 Å². The minimum absolute atomic E-state index is 0.0476. The lowest BCUT2D eigenvalue weighted by molar-refractivity contribution is 0.571. The second-order valence-corrected chi connectivity index (χ2v) is 14.4. The van der Waals surface area contributed by atoms with Crippen LogP contribution in [0.2, 0.25) is 0 Å². The van der Waals surface area contributed by atoms with Crippen LogP contribution in [-0.2, 0) is 10.8 Å². The number of benzene rings is 4. The van der Waals surface area contributed by atoms with Gasteiger partial charge in [0.25, 0.3) is 0 Å². The number of aromatic nitrogens is 4. The fourth-order valence-electron chi connectivity index (χ4n) is 6.42. The molecule has 46 heavy (non-hydrogen) atoms. The minimum atomic E-state index is -0.0476. The van der Waals surface area contributed by atoms with Crippen molar-refractivity contribution >= 4 is 54.4 Å². The summed E-state index contributed by atoms with van der Waals surface area (Å²) in [4.78, 5) is 20.8. The molecule has 0 amide bonds. The Morgan fingerprint density at radius 3 is 1.04 bits per heavy atom. The first-order valence-electron chi connectivity index (χ1n) is 16.0. The zero-order valence-electron chi connectivity index (χ0n) is 27.2. The SMILES string of the molecule is CC(C)(C)c1ccc2ccc3ccc(-c4ccc(-c5ccc6ccc7ccc(C(C)(C)C)nc7c6n5)c5ccccc45)nc3c2n1. The fraction of sp³-hybridized carbons (Fsp3) is 0.190. The van der Waals surface area contributed by atoms with Crippen LogP contribution < -0.4 is 0 Å². The quantitative estimate of drug-likeness (QED) is 0.186. The average molecular weight is 597 g/mol. The van der Waals surface area contributed by atoms with Crippen molar-refractivity contribution in [3.05, 3.63) is 121 Å². The van der Waals surface area contributed by atoms with Gasteiger partial charge < -0.3 is 0 Å². The summed E-state index contributed by atoms with van der Waals surface area (Å²) < 4.78 is 0. The molecule has 4 heteroatoms. The van der Waals surface area contributed by atoms with Crippen LogP contribution in [-0.4, -0.2) is 19.9 Å². The van der Waals surface area contributed by atoms with Crippen LogP contribution in [0.25, 0.3) is 76.9 Å². The molecule has 0 spiro atoms. The van der Waals surface area contributed by atoms with Gasteiger partial charge in [0.15, 0.2) is 0 Å². The highest BCUT2D eigenvalue weighted by Gasteiger charge is 2.19. The number of hydrogen-bond donors (Lipinski definition) is 0. The predicted octanol–water partition coefficient (Wildman–Crippen LogP) is 11.0. The summed E-state index contributed by atoms with van der Waals surface area (Å²) >= 11 is 0.